The molecule has 2 N–H and O–H groups in total. The highest BCUT2D eigenvalue weighted by Crippen LogP contribution is 2.23. The first-order chi connectivity index (χ1) is 12.0. The molecular weight excluding hydrogens is 342 g/mol. The van der Waals surface area contributed by atoms with E-state index in [2.05, 4.69) is 5.10 Å². The zero-order valence-electron chi connectivity index (χ0n) is 13.1. The summed E-state index contributed by atoms with van der Waals surface area (Å²) in [5, 5.41) is 5.09. The average Bonchev–Trinajstić information content (AvgIpc) is 3.06. The molecule has 7 heteroatoms. The third kappa shape index (κ3) is 3.87. The van der Waals surface area contributed by atoms with Gasteiger partial charge in [0.15, 0.2) is 12.3 Å². The Kier molecular flexibility index (Phi) is 4.81. The SMILES string of the molecule is NC(=O)COC(=O)c1cc(-c2ccc(Cl)cc2)nn1-c1ccccc1. The number of hydrogen-bond acceptors (Lipinski definition) is 4. The molecule has 126 valence electrons. The van der Waals surface area contributed by atoms with Crippen LogP contribution in [0.15, 0.2) is 60.7 Å². The van der Waals surface area contributed by atoms with Gasteiger partial charge in [-0.2, -0.15) is 5.10 Å². The Labute approximate surface area is 148 Å². The zero-order valence-corrected chi connectivity index (χ0v) is 13.8. The molecule has 1 aromatic heterocycles. The Morgan fingerprint density at radius 1 is 1.08 bits per heavy atom. The molecule has 0 unspecified atom stereocenters. The smallest absolute Gasteiger partial charge is 0.357 e. The number of aromatic nitrogens is 2. The molecule has 0 fully saturated rings. The summed E-state index contributed by atoms with van der Waals surface area (Å²) >= 11 is 5.91. The fourth-order valence-electron chi connectivity index (χ4n) is 2.26. The van der Waals surface area contributed by atoms with Crippen molar-refractivity contribution in [1.29, 1.82) is 0 Å². The minimum absolute atomic E-state index is 0.192. The van der Waals surface area contributed by atoms with Gasteiger partial charge in [-0.1, -0.05) is 41.9 Å². The van der Waals surface area contributed by atoms with Crippen LogP contribution in [0.2, 0.25) is 5.02 Å². The summed E-state index contributed by atoms with van der Waals surface area (Å²) in [5.74, 6) is -1.41. The van der Waals surface area contributed by atoms with Gasteiger partial charge in [-0.15, -0.1) is 0 Å². The number of amides is 1. The third-order valence-electron chi connectivity index (χ3n) is 3.40. The first-order valence-electron chi connectivity index (χ1n) is 7.41. The number of esters is 1. The number of carbonyl (C=O) groups is 2. The molecule has 0 saturated heterocycles. The van der Waals surface area contributed by atoms with Crippen LogP contribution in [-0.4, -0.2) is 28.3 Å². The average molecular weight is 356 g/mol. The van der Waals surface area contributed by atoms with Gasteiger partial charge >= 0.3 is 5.97 Å². The van der Waals surface area contributed by atoms with Crippen molar-refractivity contribution in [3.05, 3.63) is 71.4 Å². The summed E-state index contributed by atoms with van der Waals surface area (Å²) < 4.78 is 6.39. The van der Waals surface area contributed by atoms with Crippen molar-refractivity contribution >= 4 is 23.5 Å². The molecule has 0 aliphatic heterocycles. The van der Waals surface area contributed by atoms with E-state index < -0.39 is 18.5 Å². The summed E-state index contributed by atoms with van der Waals surface area (Å²) in [6.07, 6.45) is 0. The molecule has 1 amide bonds. The monoisotopic (exact) mass is 355 g/mol. The number of primary amides is 1. The number of carbonyl (C=O) groups excluding carboxylic acids is 2. The number of rotatable bonds is 5. The van der Waals surface area contributed by atoms with Gasteiger partial charge in [0.1, 0.15) is 0 Å². The van der Waals surface area contributed by atoms with Gasteiger partial charge in [0.25, 0.3) is 5.91 Å². The zero-order chi connectivity index (χ0) is 17.8. The van der Waals surface area contributed by atoms with E-state index in [4.69, 9.17) is 22.1 Å². The standard InChI is InChI=1S/C18H14ClN3O3/c19-13-8-6-12(7-9-13)15-10-16(18(24)25-11-17(20)23)22(21-15)14-4-2-1-3-5-14/h1-10H,11H2,(H2,20,23). The van der Waals surface area contributed by atoms with Crippen molar-refractivity contribution in [1.82, 2.24) is 9.78 Å². The van der Waals surface area contributed by atoms with Crippen molar-refractivity contribution in [2.45, 2.75) is 0 Å². The molecule has 25 heavy (non-hydrogen) atoms. The van der Waals surface area contributed by atoms with E-state index in [1.807, 2.05) is 30.3 Å². The van der Waals surface area contributed by atoms with Crippen molar-refractivity contribution in [3.8, 4) is 16.9 Å². The molecule has 0 bridgehead atoms. The molecule has 0 aliphatic rings. The van der Waals surface area contributed by atoms with E-state index in [9.17, 15) is 9.59 Å². The highest BCUT2D eigenvalue weighted by Gasteiger charge is 2.19. The number of nitrogens with zero attached hydrogens (tertiary/aromatic N) is 2. The molecule has 2 aromatic carbocycles. The van der Waals surface area contributed by atoms with Gasteiger partial charge in [0.2, 0.25) is 0 Å². The lowest BCUT2D eigenvalue weighted by Gasteiger charge is -2.06. The van der Waals surface area contributed by atoms with Gasteiger partial charge < -0.3 is 10.5 Å². The molecule has 0 atom stereocenters. The second kappa shape index (κ2) is 7.19. The molecule has 0 aliphatic carbocycles. The number of ether oxygens (including phenoxy) is 1. The number of hydrogen-bond donors (Lipinski definition) is 1. The Morgan fingerprint density at radius 3 is 2.40 bits per heavy atom. The molecule has 3 rings (SSSR count). The van der Waals surface area contributed by atoms with Crippen LogP contribution >= 0.6 is 11.6 Å². The lowest BCUT2D eigenvalue weighted by molar-refractivity contribution is -0.121. The predicted molar refractivity (Wildman–Crippen MR) is 93.5 cm³/mol. The molecule has 3 aromatic rings. The fourth-order valence-corrected chi connectivity index (χ4v) is 2.39. The fraction of sp³-hybridized carbons (Fsp3) is 0.0556. The largest absolute Gasteiger partial charge is 0.451 e. The van der Waals surface area contributed by atoms with Crippen LogP contribution in [0.4, 0.5) is 0 Å². The van der Waals surface area contributed by atoms with E-state index in [0.717, 1.165) is 5.56 Å². The number of benzene rings is 2. The van der Waals surface area contributed by atoms with Gasteiger partial charge in [-0.25, -0.2) is 9.48 Å². The Hall–Kier alpha value is -3.12. The van der Waals surface area contributed by atoms with E-state index in [0.29, 0.717) is 16.4 Å². The van der Waals surface area contributed by atoms with Crippen LogP contribution in [0.3, 0.4) is 0 Å². The maximum atomic E-state index is 12.3. The molecule has 6 nitrogen and oxygen atoms in total. The third-order valence-corrected chi connectivity index (χ3v) is 3.66. The number of halogens is 1. The number of para-hydroxylation sites is 1. The second-order valence-electron chi connectivity index (χ2n) is 5.21. The topological polar surface area (TPSA) is 87.2 Å². The van der Waals surface area contributed by atoms with Crippen LogP contribution < -0.4 is 5.73 Å². The predicted octanol–water partition coefficient (Wildman–Crippen LogP) is 2.83. The first-order valence-corrected chi connectivity index (χ1v) is 7.79. The van der Waals surface area contributed by atoms with Crippen molar-refractivity contribution in [3.63, 3.8) is 0 Å². The van der Waals surface area contributed by atoms with E-state index in [-0.39, 0.29) is 5.69 Å². The lowest BCUT2D eigenvalue weighted by atomic mass is 10.1. The van der Waals surface area contributed by atoms with Gasteiger partial charge in [-0.05, 0) is 30.3 Å². The maximum absolute atomic E-state index is 12.3. The molecule has 0 spiro atoms. The summed E-state index contributed by atoms with van der Waals surface area (Å²) in [4.78, 5) is 23.2. The summed E-state index contributed by atoms with van der Waals surface area (Å²) in [6, 6.07) is 17.8. The van der Waals surface area contributed by atoms with Crippen LogP contribution in [0.5, 0.6) is 0 Å². The van der Waals surface area contributed by atoms with Gasteiger partial charge in [0.05, 0.1) is 11.4 Å². The Balaban J connectivity index is 2.03. The minimum atomic E-state index is -0.725. The van der Waals surface area contributed by atoms with E-state index in [1.54, 1.807) is 30.3 Å². The van der Waals surface area contributed by atoms with Crippen LogP contribution in [0.25, 0.3) is 16.9 Å². The van der Waals surface area contributed by atoms with Gasteiger partial charge in [0, 0.05) is 10.6 Å². The number of nitrogens with two attached hydrogens (primary N) is 1. The minimum Gasteiger partial charge on any atom is -0.451 e. The van der Waals surface area contributed by atoms with Crippen molar-refractivity contribution < 1.29 is 14.3 Å². The quantitative estimate of drug-likeness (QED) is 0.713. The molecule has 1 heterocycles. The van der Waals surface area contributed by atoms with Crippen LogP contribution in [0, 0.1) is 0 Å². The summed E-state index contributed by atoms with van der Waals surface area (Å²) in [6.45, 7) is -0.491. The lowest BCUT2D eigenvalue weighted by Crippen LogP contribution is -2.22. The highest BCUT2D eigenvalue weighted by atomic mass is 35.5. The van der Waals surface area contributed by atoms with E-state index >= 15 is 0 Å². The van der Waals surface area contributed by atoms with Crippen molar-refractivity contribution in [2.24, 2.45) is 5.73 Å². The summed E-state index contributed by atoms with van der Waals surface area (Å²) in [5.41, 5.74) is 7.28. The normalized spacial score (nSPS) is 10.4. The summed E-state index contributed by atoms with van der Waals surface area (Å²) in [7, 11) is 0. The first kappa shape index (κ1) is 16.7. The molecular formula is C18H14ClN3O3. The Bertz CT molecular complexity index is 905. The van der Waals surface area contributed by atoms with Crippen LogP contribution in [0.1, 0.15) is 10.5 Å². The molecule has 0 saturated carbocycles. The second-order valence-corrected chi connectivity index (χ2v) is 5.65. The van der Waals surface area contributed by atoms with E-state index in [1.165, 1.54) is 4.68 Å². The van der Waals surface area contributed by atoms with Crippen molar-refractivity contribution in [2.75, 3.05) is 6.61 Å². The highest BCUT2D eigenvalue weighted by molar-refractivity contribution is 6.30. The van der Waals surface area contributed by atoms with Gasteiger partial charge in [-0.3, -0.25) is 4.79 Å². The molecule has 0 radical (unpaired) electrons. The Morgan fingerprint density at radius 2 is 1.76 bits per heavy atom. The van der Waals surface area contributed by atoms with Crippen LogP contribution in [-0.2, 0) is 9.53 Å². The maximum Gasteiger partial charge on any atom is 0.357 e.